The summed E-state index contributed by atoms with van der Waals surface area (Å²) in [7, 11) is 0. The lowest BCUT2D eigenvalue weighted by Gasteiger charge is -2.16. The number of esters is 1. The second-order valence-electron chi connectivity index (χ2n) is 4.41. The number of ether oxygens (including phenoxy) is 1. The van der Waals surface area contributed by atoms with Gasteiger partial charge in [0.1, 0.15) is 0 Å². The van der Waals surface area contributed by atoms with Crippen LogP contribution in [0.4, 0.5) is 0 Å². The highest BCUT2D eigenvalue weighted by Crippen LogP contribution is 2.26. The molecular formula is C14H20ClNO2. The van der Waals surface area contributed by atoms with Crippen molar-refractivity contribution in [2.75, 3.05) is 6.61 Å². The van der Waals surface area contributed by atoms with Gasteiger partial charge in [-0.25, -0.2) is 0 Å². The lowest BCUT2D eigenvalue weighted by atomic mass is 9.96. The number of aryl methyl sites for hydroxylation is 2. The summed E-state index contributed by atoms with van der Waals surface area (Å²) in [6.07, 6.45) is 0.927. The summed E-state index contributed by atoms with van der Waals surface area (Å²) in [4.78, 5) is 11.3. The Morgan fingerprint density at radius 3 is 2.67 bits per heavy atom. The van der Waals surface area contributed by atoms with E-state index >= 15 is 0 Å². The molecule has 1 aromatic rings. The summed E-state index contributed by atoms with van der Waals surface area (Å²) in [5.41, 5.74) is 9.21. The number of carbonyl (C=O) groups excluding carboxylic acids is 1. The number of rotatable bonds is 5. The van der Waals surface area contributed by atoms with E-state index in [4.69, 9.17) is 22.1 Å². The SMILES string of the molecule is CCOC(=O)CCC(N)c1cc(C)c(Cl)cc1C. The molecule has 1 atom stereocenters. The van der Waals surface area contributed by atoms with Crippen LogP contribution in [0.25, 0.3) is 0 Å². The lowest BCUT2D eigenvalue weighted by Crippen LogP contribution is -2.15. The molecule has 0 aromatic heterocycles. The largest absolute Gasteiger partial charge is 0.466 e. The Morgan fingerprint density at radius 1 is 1.39 bits per heavy atom. The van der Waals surface area contributed by atoms with Crippen LogP contribution in [0.15, 0.2) is 12.1 Å². The Morgan fingerprint density at radius 2 is 2.06 bits per heavy atom. The van der Waals surface area contributed by atoms with Crippen molar-refractivity contribution in [3.63, 3.8) is 0 Å². The van der Waals surface area contributed by atoms with E-state index in [0.29, 0.717) is 19.4 Å². The van der Waals surface area contributed by atoms with E-state index in [9.17, 15) is 4.79 Å². The van der Waals surface area contributed by atoms with Gasteiger partial charge in [0.05, 0.1) is 6.61 Å². The highest BCUT2D eigenvalue weighted by molar-refractivity contribution is 6.31. The van der Waals surface area contributed by atoms with Crippen LogP contribution in [-0.4, -0.2) is 12.6 Å². The maximum Gasteiger partial charge on any atom is 0.305 e. The molecule has 0 bridgehead atoms. The Labute approximate surface area is 113 Å². The molecule has 0 radical (unpaired) electrons. The van der Waals surface area contributed by atoms with E-state index in [1.165, 1.54) is 0 Å². The van der Waals surface area contributed by atoms with Gasteiger partial charge >= 0.3 is 5.97 Å². The first-order chi connectivity index (χ1) is 8.45. The van der Waals surface area contributed by atoms with Gasteiger partial charge in [-0.1, -0.05) is 17.7 Å². The molecule has 0 heterocycles. The second-order valence-corrected chi connectivity index (χ2v) is 4.82. The summed E-state index contributed by atoms with van der Waals surface area (Å²) in [6.45, 7) is 6.13. The first-order valence-corrected chi connectivity index (χ1v) is 6.51. The van der Waals surface area contributed by atoms with Crippen LogP contribution >= 0.6 is 11.6 Å². The highest BCUT2D eigenvalue weighted by atomic mass is 35.5. The molecular weight excluding hydrogens is 250 g/mol. The van der Waals surface area contributed by atoms with Gasteiger partial charge in [-0.3, -0.25) is 4.79 Å². The Balaban J connectivity index is 2.69. The first kappa shape index (κ1) is 15.0. The molecule has 100 valence electrons. The normalized spacial score (nSPS) is 12.3. The number of hydrogen-bond acceptors (Lipinski definition) is 3. The van der Waals surface area contributed by atoms with Crippen molar-refractivity contribution in [2.45, 2.75) is 39.7 Å². The minimum Gasteiger partial charge on any atom is -0.466 e. The third-order valence-corrected chi connectivity index (χ3v) is 3.32. The van der Waals surface area contributed by atoms with Gasteiger partial charge in [-0.05, 0) is 49.9 Å². The summed E-state index contributed by atoms with van der Waals surface area (Å²) >= 11 is 6.04. The van der Waals surface area contributed by atoms with Crippen molar-refractivity contribution in [1.29, 1.82) is 0 Å². The maximum absolute atomic E-state index is 11.3. The monoisotopic (exact) mass is 269 g/mol. The van der Waals surface area contributed by atoms with Crippen LogP contribution in [0.2, 0.25) is 5.02 Å². The predicted octanol–water partition coefficient (Wildman–Crippen LogP) is 3.30. The molecule has 0 amide bonds. The maximum atomic E-state index is 11.3. The highest BCUT2D eigenvalue weighted by Gasteiger charge is 2.13. The van der Waals surface area contributed by atoms with Gasteiger partial charge in [-0.2, -0.15) is 0 Å². The molecule has 0 aliphatic rings. The lowest BCUT2D eigenvalue weighted by molar-refractivity contribution is -0.143. The Kier molecular flexibility index (Phi) is 5.63. The van der Waals surface area contributed by atoms with Gasteiger partial charge < -0.3 is 10.5 Å². The molecule has 0 aliphatic heterocycles. The van der Waals surface area contributed by atoms with Gasteiger partial charge in [0, 0.05) is 17.5 Å². The molecule has 0 fully saturated rings. The molecule has 2 N–H and O–H groups in total. The van der Waals surface area contributed by atoms with Crippen LogP contribution in [0.3, 0.4) is 0 Å². The van der Waals surface area contributed by atoms with E-state index in [2.05, 4.69) is 0 Å². The van der Waals surface area contributed by atoms with Crippen LogP contribution < -0.4 is 5.73 Å². The summed E-state index contributed by atoms with van der Waals surface area (Å²) in [5.74, 6) is -0.198. The van der Waals surface area contributed by atoms with Gasteiger partial charge in [0.25, 0.3) is 0 Å². The second kappa shape index (κ2) is 6.76. The van der Waals surface area contributed by atoms with Crippen LogP contribution in [-0.2, 0) is 9.53 Å². The van der Waals surface area contributed by atoms with Crippen LogP contribution in [0, 0.1) is 13.8 Å². The summed E-state index contributed by atoms with van der Waals surface area (Å²) in [5, 5.41) is 0.744. The van der Waals surface area contributed by atoms with Crippen molar-refractivity contribution in [2.24, 2.45) is 5.73 Å². The number of nitrogens with two attached hydrogens (primary N) is 1. The van der Waals surface area contributed by atoms with E-state index in [-0.39, 0.29) is 12.0 Å². The van der Waals surface area contributed by atoms with Crippen molar-refractivity contribution in [3.8, 4) is 0 Å². The Hall–Kier alpha value is -1.06. The zero-order valence-electron chi connectivity index (χ0n) is 11.1. The number of halogens is 1. The summed E-state index contributed by atoms with van der Waals surface area (Å²) in [6, 6.07) is 3.74. The summed E-state index contributed by atoms with van der Waals surface area (Å²) < 4.78 is 4.89. The van der Waals surface area contributed by atoms with Crippen LogP contribution in [0.5, 0.6) is 0 Å². The molecule has 1 rings (SSSR count). The third-order valence-electron chi connectivity index (χ3n) is 2.91. The van der Waals surface area contributed by atoms with E-state index in [1.807, 2.05) is 26.0 Å². The molecule has 0 aliphatic carbocycles. The topological polar surface area (TPSA) is 52.3 Å². The minimum absolute atomic E-state index is 0.162. The Bertz CT molecular complexity index is 432. The zero-order valence-corrected chi connectivity index (χ0v) is 11.9. The zero-order chi connectivity index (χ0) is 13.7. The average molecular weight is 270 g/mol. The predicted molar refractivity (Wildman–Crippen MR) is 73.7 cm³/mol. The molecule has 0 saturated heterocycles. The van der Waals surface area contributed by atoms with Crippen molar-refractivity contribution in [1.82, 2.24) is 0 Å². The van der Waals surface area contributed by atoms with Crippen LogP contribution in [0.1, 0.15) is 42.5 Å². The third kappa shape index (κ3) is 4.00. The van der Waals surface area contributed by atoms with E-state index in [1.54, 1.807) is 6.92 Å². The molecule has 4 heteroatoms. The first-order valence-electron chi connectivity index (χ1n) is 6.13. The fourth-order valence-corrected chi connectivity index (χ4v) is 2.08. The molecule has 0 saturated carbocycles. The van der Waals surface area contributed by atoms with Crippen molar-refractivity contribution >= 4 is 17.6 Å². The van der Waals surface area contributed by atoms with E-state index < -0.39 is 0 Å². The molecule has 0 spiro atoms. The fourth-order valence-electron chi connectivity index (χ4n) is 1.86. The van der Waals surface area contributed by atoms with Crippen molar-refractivity contribution in [3.05, 3.63) is 33.8 Å². The molecule has 18 heavy (non-hydrogen) atoms. The number of carbonyl (C=O) groups is 1. The molecule has 1 aromatic carbocycles. The minimum atomic E-state index is -0.198. The quantitative estimate of drug-likeness (QED) is 0.835. The van der Waals surface area contributed by atoms with Crippen molar-refractivity contribution < 1.29 is 9.53 Å². The smallest absolute Gasteiger partial charge is 0.305 e. The average Bonchev–Trinajstić information content (AvgIpc) is 2.31. The van der Waals surface area contributed by atoms with Gasteiger partial charge in [0.15, 0.2) is 0 Å². The standard InChI is InChI=1S/C14H20ClNO2/c1-4-18-14(17)6-5-13(16)11-7-10(3)12(15)8-9(11)2/h7-8,13H,4-6,16H2,1-3H3. The van der Waals surface area contributed by atoms with Gasteiger partial charge in [0.2, 0.25) is 0 Å². The van der Waals surface area contributed by atoms with Gasteiger partial charge in [-0.15, -0.1) is 0 Å². The molecule has 3 nitrogen and oxygen atoms in total. The molecule has 1 unspecified atom stereocenters. The number of hydrogen-bond donors (Lipinski definition) is 1. The fraction of sp³-hybridized carbons (Fsp3) is 0.500. The number of benzene rings is 1. The van der Waals surface area contributed by atoms with E-state index in [0.717, 1.165) is 21.7 Å².